The zero-order valence-electron chi connectivity index (χ0n) is 15.4. The fourth-order valence-electron chi connectivity index (χ4n) is 2.54. The van der Waals surface area contributed by atoms with Gasteiger partial charge in [-0.1, -0.05) is 54.9 Å². The van der Waals surface area contributed by atoms with Crippen molar-refractivity contribution >= 4 is 41.5 Å². The number of benzene rings is 2. The standard InChI is InChI=1S/C20H24ClN3O2.ClH/c1-13-16(21)9-6-10-17(13)24-18(25)11-12-23-20(26)14(2)19(22)15-7-4-3-5-8-15;/h3-10,14,19H,11-12,22H2,1-2H3,(H,23,26)(H,24,25);1H. The van der Waals surface area contributed by atoms with Crippen LogP contribution < -0.4 is 16.4 Å². The van der Waals surface area contributed by atoms with Crippen molar-refractivity contribution < 1.29 is 9.59 Å². The van der Waals surface area contributed by atoms with Gasteiger partial charge < -0.3 is 16.4 Å². The third-order valence-electron chi connectivity index (χ3n) is 4.33. The zero-order chi connectivity index (χ0) is 19.1. The van der Waals surface area contributed by atoms with E-state index >= 15 is 0 Å². The van der Waals surface area contributed by atoms with Crippen LogP contribution in [-0.2, 0) is 9.59 Å². The Morgan fingerprint density at radius 3 is 2.44 bits per heavy atom. The van der Waals surface area contributed by atoms with E-state index in [-0.39, 0.29) is 43.2 Å². The third-order valence-corrected chi connectivity index (χ3v) is 4.74. The van der Waals surface area contributed by atoms with Crippen LogP contribution in [-0.4, -0.2) is 18.4 Å². The lowest BCUT2D eigenvalue weighted by Crippen LogP contribution is -2.37. The van der Waals surface area contributed by atoms with Crippen molar-refractivity contribution in [2.45, 2.75) is 26.3 Å². The molecule has 0 bridgehead atoms. The lowest BCUT2D eigenvalue weighted by molar-refractivity contribution is -0.125. The fraction of sp³-hybridized carbons (Fsp3) is 0.300. The van der Waals surface area contributed by atoms with Crippen LogP contribution in [0.1, 0.15) is 30.5 Å². The van der Waals surface area contributed by atoms with Crippen LogP contribution >= 0.6 is 24.0 Å². The summed E-state index contributed by atoms with van der Waals surface area (Å²) in [5.41, 5.74) is 8.55. The Kier molecular flexibility index (Phi) is 9.29. The van der Waals surface area contributed by atoms with Gasteiger partial charge in [-0.3, -0.25) is 9.59 Å². The van der Waals surface area contributed by atoms with Crippen LogP contribution in [0.3, 0.4) is 0 Å². The first-order valence-corrected chi connectivity index (χ1v) is 8.91. The van der Waals surface area contributed by atoms with Crippen LogP contribution in [0.25, 0.3) is 0 Å². The first kappa shape index (κ1) is 23.0. The van der Waals surface area contributed by atoms with Gasteiger partial charge in [0.1, 0.15) is 0 Å². The number of nitrogens with one attached hydrogen (secondary N) is 2. The molecular formula is C20H25Cl2N3O2. The molecule has 0 saturated carbocycles. The number of nitrogens with two attached hydrogens (primary N) is 1. The van der Waals surface area contributed by atoms with Crippen LogP contribution in [0.15, 0.2) is 48.5 Å². The second kappa shape index (κ2) is 10.9. The van der Waals surface area contributed by atoms with Crippen LogP contribution in [0.5, 0.6) is 0 Å². The average Bonchev–Trinajstić information content (AvgIpc) is 2.65. The Morgan fingerprint density at radius 1 is 1.11 bits per heavy atom. The summed E-state index contributed by atoms with van der Waals surface area (Å²) in [5.74, 6) is -0.751. The minimum Gasteiger partial charge on any atom is -0.355 e. The summed E-state index contributed by atoms with van der Waals surface area (Å²) in [5, 5.41) is 6.17. The summed E-state index contributed by atoms with van der Waals surface area (Å²) in [6.45, 7) is 3.87. The van der Waals surface area contributed by atoms with Crippen LogP contribution in [0.4, 0.5) is 5.69 Å². The third kappa shape index (κ3) is 6.54. The summed E-state index contributed by atoms with van der Waals surface area (Å²) in [6, 6.07) is 14.4. The monoisotopic (exact) mass is 409 g/mol. The van der Waals surface area contributed by atoms with Crippen molar-refractivity contribution in [3.05, 3.63) is 64.7 Å². The van der Waals surface area contributed by atoms with Crippen molar-refractivity contribution in [3.8, 4) is 0 Å². The van der Waals surface area contributed by atoms with E-state index in [2.05, 4.69) is 10.6 Å². The zero-order valence-corrected chi connectivity index (χ0v) is 16.9. The van der Waals surface area contributed by atoms with E-state index < -0.39 is 5.92 Å². The van der Waals surface area contributed by atoms with Crippen molar-refractivity contribution in [1.82, 2.24) is 5.32 Å². The molecule has 4 N–H and O–H groups in total. The van der Waals surface area contributed by atoms with Gasteiger partial charge in [-0.25, -0.2) is 0 Å². The molecule has 2 unspecified atom stereocenters. The molecule has 2 atom stereocenters. The molecule has 0 fully saturated rings. The van der Waals surface area contributed by atoms with Gasteiger partial charge in [0, 0.05) is 29.7 Å². The van der Waals surface area contributed by atoms with Crippen molar-refractivity contribution in [1.29, 1.82) is 0 Å². The highest BCUT2D eigenvalue weighted by atomic mass is 35.5. The molecule has 5 nitrogen and oxygen atoms in total. The Bertz CT molecular complexity index is 769. The lowest BCUT2D eigenvalue weighted by Gasteiger charge is -2.19. The van der Waals surface area contributed by atoms with Gasteiger partial charge in [0.25, 0.3) is 0 Å². The first-order chi connectivity index (χ1) is 12.4. The maximum Gasteiger partial charge on any atom is 0.226 e. The highest BCUT2D eigenvalue weighted by Crippen LogP contribution is 2.23. The van der Waals surface area contributed by atoms with Gasteiger partial charge in [-0.05, 0) is 30.2 Å². The second-order valence-corrected chi connectivity index (χ2v) is 6.63. The molecule has 27 heavy (non-hydrogen) atoms. The summed E-state index contributed by atoms with van der Waals surface area (Å²) in [4.78, 5) is 24.3. The molecule has 0 radical (unpaired) electrons. The maximum atomic E-state index is 12.3. The van der Waals surface area contributed by atoms with E-state index in [9.17, 15) is 9.59 Å². The van der Waals surface area contributed by atoms with E-state index in [4.69, 9.17) is 17.3 Å². The van der Waals surface area contributed by atoms with E-state index in [0.717, 1.165) is 11.1 Å². The Balaban J connectivity index is 0.00000364. The quantitative estimate of drug-likeness (QED) is 0.648. The Hall–Kier alpha value is -2.08. The summed E-state index contributed by atoms with van der Waals surface area (Å²) in [6.07, 6.45) is 0.172. The summed E-state index contributed by atoms with van der Waals surface area (Å²) in [7, 11) is 0. The van der Waals surface area contributed by atoms with Gasteiger partial charge >= 0.3 is 0 Å². The number of carbonyl (C=O) groups is 2. The number of carbonyl (C=O) groups excluding carboxylic acids is 2. The molecule has 2 rings (SSSR count). The Morgan fingerprint density at radius 2 is 1.78 bits per heavy atom. The van der Waals surface area contributed by atoms with E-state index in [1.807, 2.05) is 37.3 Å². The maximum absolute atomic E-state index is 12.3. The van der Waals surface area contributed by atoms with E-state index in [1.54, 1.807) is 25.1 Å². The number of rotatable bonds is 7. The number of hydrogen-bond donors (Lipinski definition) is 3. The van der Waals surface area contributed by atoms with Gasteiger partial charge in [0.05, 0.1) is 5.92 Å². The topological polar surface area (TPSA) is 84.2 Å². The van der Waals surface area contributed by atoms with Crippen LogP contribution in [0.2, 0.25) is 5.02 Å². The van der Waals surface area contributed by atoms with Crippen molar-refractivity contribution in [2.75, 3.05) is 11.9 Å². The fourth-order valence-corrected chi connectivity index (χ4v) is 2.72. The minimum absolute atomic E-state index is 0. The van der Waals surface area contributed by atoms with E-state index in [1.165, 1.54) is 0 Å². The Labute approximate surface area is 171 Å². The van der Waals surface area contributed by atoms with Gasteiger partial charge in [0.15, 0.2) is 0 Å². The van der Waals surface area contributed by atoms with Gasteiger partial charge in [-0.2, -0.15) is 0 Å². The number of amides is 2. The molecule has 2 aromatic rings. The predicted octanol–water partition coefficient (Wildman–Crippen LogP) is 3.85. The predicted molar refractivity (Wildman–Crippen MR) is 112 cm³/mol. The highest BCUT2D eigenvalue weighted by Gasteiger charge is 2.21. The summed E-state index contributed by atoms with van der Waals surface area (Å²) >= 11 is 6.04. The molecule has 0 aliphatic heterocycles. The van der Waals surface area contributed by atoms with Crippen LogP contribution in [0, 0.1) is 12.8 Å². The van der Waals surface area contributed by atoms with Crippen molar-refractivity contribution in [2.24, 2.45) is 11.7 Å². The van der Waals surface area contributed by atoms with Gasteiger partial charge in [-0.15, -0.1) is 12.4 Å². The second-order valence-electron chi connectivity index (χ2n) is 6.23. The number of hydrogen-bond acceptors (Lipinski definition) is 3. The molecule has 2 aromatic carbocycles. The molecular weight excluding hydrogens is 385 g/mol. The summed E-state index contributed by atoms with van der Waals surface area (Å²) < 4.78 is 0. The smallest absolute Gasteiger partial charge is 0.226 e. The SMILES string of the molecule is Cc1c(Cl)cccc1NC(=O)CCNC(=O)C(C)C(N)c1ccccc1.Cl. The highest BCUT2D eigenvalue weighted by molar-refractivity contribution is 6.31. The largest absolute Gasteiger partial charge is 0.355 e. The molecule has 0 aliphatic carbocycles. The molecule has 2 amide bonds. The average molecular weight is 410 g/mol. The molecule has 7 heteroatoms. The molecule has 0 spiro atoms. The number of anilines is 1. The molecule has 0 aliphatic rings. The molecule has 0 aromatic heterocycles. The van der Waals surface area contributed by atoms with Gasteiger partial charge in [0.2, 0.25) is 11.8 Å². The molecule has 0 saturated heterocycles. The van der Waals surface area contributed by atoms with E-state index in [0.29, 0.717) is 10.7 Å². The molecule has 146 valence electrons. The minimum atomic E-state index is -0.393. The number of halogens is 2. The van der Waals surface area contributed by atoms with Crippen molar-refractivity contribution in [3.63, 3.8) is 0 Å². The first-order valence-electron chi connectivity index (χ1n) is 8.53. The lowest BCUT2D eigenvalue weighted by atomic mass is 9.95. The molecule has 0 heterocycles. The normalized spacial score (nSPS) is 12.4.